The summed E-state index contributed by atoms with van der Waals surface area (Å²) in [6.45, 7) is 8.93. The molecule has 2 aromatic rings. The van der Waals surface area contributed by atoms with Gasteiger partial charge < -0.3 is 4.74 Å². The van der Waals surface area contributed by atoms with E-state index in [-0.39, 0.29) is 5.82 Å². The van der Waals surface area contributed by atoms with Gasteiger partial charge in [0.1, 0.15) is 5.82 Å². The molecule has 0 aliphatic rings. The molecular weight excluding hydrogens is 361 g/mol. The minimum atomic E-state index is -0.245. The molecule has 0 saturated heterocycles. The Hall–Kier alpha value is -2.26. The molecule has 1 atom stereocenters. The van der Waals surface area contributed by atoms with E-state index in [9.17, 15) is 4.39 Å². The highest BCUT2D eigenvalue weighted by Gasteiger charge is 2.07. The van der Waals surface area contributed by atoms with Crippen molar-refractivity contribution in [2.24, 2.45) is 0 Å². The van der Waals surface area contributed by atoms with Crippen LogP contribution in [0.5, 0.6) is 0 Å². The SMILES string of the molecule is C=CCc1ccc(-c2ccc(C=CCCCC(C)OCCCCC)cc2F)nc1. The van der Waals surface area contributed by atoms with Crippen LogP contribution in [0.15, 0.2) is 55.3 Å². The first-order valence-electron chi connectivity index (χ1n) is 10.8. The number of benzene rings is 1. The van der Waals surface area contributed by atoms with Gasteiger partial charge in [-0.3, -0.25) is 4.98 Å². The minimum Gasteiger partial charge on any atom is -0.379 e. The molecule has 1 aromatic carbocycles. The Morgan fingerprint density at radius 1 is 1.17 bits per heavy atom. The second kappa shape index (κ2) is 13.1. The van der Waals surface area contributed by atoms with Crippen LogP contribution < -0.4 is 0 Å². The van der Waals surface area contributed by atoms with E-state index < -0.39 is 0 Å². The van der Waals surface area contributed by atoms with Crippen molar-refractivity contribution in [2.75, 3.05) is 6.61 Å². The van der Waals surface area contributed by atoms with Crippen molar-refractivity contribution in [3.63, 3.8) is 0 Å². The van der Waals surface area contributed by atoms with E-state index in [0.29, 0.717) is 17.4 Å². The Labute approximate surface area is 175 Å². The molecule has 1 aromatic heterocycles. The Morgan fingerprint density at radius 3 is 2.72 bits per heavy atom. The number of unbranched alkanes of at least 4 members (excludes halogenated alkanes) is 3. The van der Waals surface area contributed by atoms with Crippen molar-refractivity contribution in [1.29, 1.82) is 0 Å². The lowest BCUT2D eigenvalue weighted by molar-refractivity contribution is 0.0566. The molecule has 0 amide bonds. The second-order valence-electron chi connectivity index (χ2n) is 7.51. The maximum absolute atomic E-state index is 14.5. The molecule has 1 unspecified atom stereocenters. The fourth-order valence-corrected chi connectivity index (χ4v) is 3.18. The first-order valence-corrected chi connectivity index (χ1v) is 10.8. The molecule has 1 heterocycles. The number of halogens is 1. The van der Waals surface area contributed by atoms with E-state index in [1.165, 1.54) is 12.8 Å². The van der Waals surface area contributed by atoms with Gasteiger partial charge in [-0.2, -0.15) is 0 Å². The van der Waals surface area contributed by atoms with E-state index in [0.717, 1.165) is 49.8 Å². The van der Waals surface area contributed by atoms with Gasteiger partial charge >= 0.3 is 0 Å². The molecule has 2 rings (SSSR count). The van der Waals surface area contributed by atoms with Crippen molar-refractivity contribution in [1.82, 2.24) is 4.98 Å². The van der Waals surface area contributed by atoms with E-state index in [1.54, 1.807) is 18.3 Å². The van der Waals surface area contributed by atoms with Gasteiger partial charge in [0.2, 0.25) is 0 Å². The van der Waals surface area contributed by atoms with Gasteiger partial charge in [-0.25, -0.2) is 4.39 Å². The number of rotatable bonds is 13. The number of nitrogens with zero attached hydrogens (tertiary/aromatic N) is 1. The van der Waals surface area contributed by atoms with Gasteiger partial charge in [-0.15, -0.1) is 6.58 Å². The largest absolute Gasteiger partial charge is 0.379 e. The summed E-state index contributed by atoms with van der Waals surface area (Å²) in [5.74, 6) is -0.245. The van der Waals surface area contributed by atoms with Crippen molar-refractivity contribution >= 4 is 6.08 Å². The number of hydrogen-bond donors (Lipinski definition) is 0. The van der Waals surface area contributed by atoms with Gasteiger partial charge in [0.25, 0.3) is 0 Å². The first-order chi connectivity index (χ1) is 14.1. The van der Waals surface area contributed by atoms with Gasteiger partial charge in [0.15, 0.2) is 0 Å². The summed E-state index contributed by atoms with van der Waals surface area (Å²) >= 11 is 0. The van der Waals surface area contributed by atoms with Crippen molar-refractivity contribution in [2.45, 2.75) is 64.9 Å². The number of hydrogen-bond acceptors (Lipinski definition) is 2. The summed E-state index contributed by atoms with van der Waals surface area (Å²) in [7, 11) is 0. The van der Waals surface area contributed by atoms with Crippen LogP contribution in [0.2, 0.25) is 0 Å². The van der Waals surface area contributed by atoms with Crippen molar-refractivity contribution < 1.29 is 9.13 Å². The summed E-state index contributed by atoms with van der Waals surface area (Å²) < 4.78 is 20.3. The van der Waals surface area contributed by atoms with E-state index in [2.05, 4.69) is 31.5 Å². The molecule has 156 valence electrons. The maximum atomic E-state index is 14.5. The normalized spacial score (nSPS) is 12.4. The quantitative estimate of drug-likeness (QED) is 0.260. The summed E-state index contributed by atoms with van der Waals surface area (Å²) in [6.07, 6.45) is 15.5. The summed E-state index contributed by atoms with van der Waals surface area (Å²) in [4.78, 5) is 4.37. The standard InChI is InChI=1S/C26H34FNO/c1-4-6-10-18-29-21(3)12-8-7-9-13-22-14-16-24(25(27)19-22)26-17-15-23(11-5-2)20-28-26/h5,9,13-17,19-21H,2,4,6-8,10-12,18H2,1,3H3. The highest BCUT2D eigenvalue weighted by atomic mass is 19.1. The first kappa shape index (κ1) is 23.0. The lowest BCUT2D eigenvalue weighted by Gasteiger charge is -2.12. The van der Waals surface area contributed by atoms with Crippen LogP contribution in [0.25, 0.3) is 17.3 Å². The van der Waals surface area contributed by atoms with Crippen LogP contribution in [0.1, 0.15) is 63.5 Å². The fourth-order valence-electron chi connectivity index (χ4n) is 3.18. The monoisotopic (exact) mass is 395 g/mol. The predicted molar refractivity (Wildman–Crippen MR) is 121 cm³/mol. The van der Waals surface area contributed by atoms with Gasteiger partial charge in [0.05, 0.1) is 11.8 Å². The number of pyridine rings is 1. The number of aromatic nitrogens is 1. The molecule has 3 heteroatoms. The molecule has 0 N–H and O–H groups in total. The molecule has 2 nitrogen and oxygen atoms in total. The Balaban J connectivity index is 1.80. The molecule has 0 saturated carbocycles. The zero-order valence-electron chi connectivity index (χ0n) is 17.9. The lowest BCUT2D eigenvalue weighted by Crippen LogP contribution is -2.08. The summed E-state index contributed by atoms with van der Waals surface area (Å²) in [6, 6.07) is 9.14. The third-order valence-electron chi connectivity index (χ3n) is 4.92. The molecule has 0 fully saturated rings. The second-order valence-corrected chi connectivity index (χ2v) is 7.51. The molecule has 29 heavy (non-hydrogen) atoms. The van der Waals surface area contributed by atoms with Gasteiger partial charge in [-0.1, -0.05) is 50.1 Å². The molecule has 0 bridgehead atoms. The highest BCUT2D eigenvalue weighted by Crippen LogP contribution is 2.23. The van der Waals surface area contributed by atoms with Crippen LogP contribution in [0, 0.1) is 5.82 Å². The Bertz CT molecular complexity index is 767. The average molecular weight is 396 g/mol. The van der Waals surface area contributed by atoms with Crippen LogP contribution in [0.4, 0.5) is 4.39 Å². The third kappa shape index (κ3) is 8.33. The fraction of sp³-hybridized carbons (Fsp3) is 0.423. The van der Waals surface area contributed by atoms with E-state index >= 15 is 0 Å². The van der Waals surface area contributed by atoms with Crippen LogP contribution in [-0.4, -0.2) is 17.7 Å². The molecular formula is C26H34FNO. The maximum Gasteiger partial charge on any atom is 0.133 e. The van der Waals surface area contributed by atoms with E-state index in [1.807, 2.05) is 30.4 Å². The van der Waals surface area contributed by atoms with Gasteiger partial charge in [0, 0.05) is 18.4 Å². The lowest BCUT2D eigenvalue weighted by atomic mass is 10.1. The number of ether oxygens (including phenoxy) is 1. The zero-order valence-corrected chi connectivity index (χ0v) is 17.9. The van der Waals surface area contributed by atoms with Crippen molar-refractivity contribution in [3.8, 4) is 11.3 Å². The zero-order chi connectivity index (χ0) is 20.9. The minimum absolute atomic E-state index is 0.245. The van der Waals surface area contributed by atoms with E-state index in [4.69, 9.17) is 4.74 Å². The summed E-state index contributed by atoms with van der Waals surface area (Å²) in [5, 5.41) is 0. The van der Waals surface area contributed by atoms with Crippen molar-refractivity contribution in [3.05, 3.63) is 72.2 Å². The predicted octanol–water partition coefficient (Wildman–Crippen LogP) is 7.40. The van der Waals surface area contributed by atoms with Gasteiger partial charge in [-0.05, 0) is 68.4 Å². The molecule has 0 aliphatic heterocycles. The van der Waals surface area contributed by atoms with Crippen LogP contribution in [0.3, 0.4) is 0 Å². The summed E-state index contributed by atoms with van der Waals surface area (Å²) in [5.41, 5.74) is 3.13. The topological polar surface area (TPSA) is 22.1 Å². The average Bonchev–Trinajstić information content (AvgIpc) is 2.72. The molecule has 0 radical (unpaired) electrons. The van der Waals surface area contributed by atoms with Crippen LogP contribution >= 0.6 is 0 Å². The molecule has 0 spiro atoms. The number of allylic oxidation sites excluding steroid dienone is 2. The molecule has 0 aliphatic carbocycles. The Kier molecular flexibility index (Phi) is 10.4. The third-order valence-corrected chi connectivity index (χ3v) is 4.92. The highest BCUT2D eigenvalue weighted by molar-refractivity contribution is 5.63. The smallest absolute Gasteiger partial charge is 0.133 e. The Morgan fingerprint density at radius 2 is 2.03 bits per heavy atom. The van der Waals surface area contributed by atoms with Crippen LogP contribution in [-0.2, 0) is 11.2 Å².